The van der Waals surface area contributed by atoms with Gasteiger partial charge in [-0.25, -0.2) is 4.79 Å². The Bertz CT molecular complexity index is 566. The molecule has 0 aromatic heterocycles. The van der Waals surface area contributed by atoms with Gasteiger partial charge in [0.25, 0.3) is 0 Å². The van der Waals surface area contributed by atoms with Crippen LogP contribution in [0.15, 0.2) is 30.3 Å². The van der Waals surface area contributed by atoms with Crippen LogP contribution < -0.4 is 0 Å². The lowest BCUT2D eigenvalue weighted by molar-refractivity contribution is 0.0282. The molecule has 4 unspecified atom stereocenters. The van der Waals surface area contributed by atoms with Crippen LogP contribution in [0.5, 0.6) is 0 Å². The minimum atomic E-state index is -0.439. The zero-order valence-electron chi connectivity index (χ0n) is 14.8. The minimum absolute atomic E-state index is 0.170. The number of benzene rings is 1. The van der Waals surface area contributed by atoms with Gasteiger partial charge in [-0.3, -0.25) is 9.80 Å². The van der Waals surface area contributed by atoms with Gasteiger partial charge in [0.1, 0.15) is 11.8 Å². The molecule has 0 bridgehead atoms. The second-order valence-electron chi connectivity index (χ2n) is 7.74. The first kappa shape index (κ1) is 16.3. The number of likely N-dealkylation sites (tertiary alicyclic amines) is 1. The van der Waals surface area contributed by atoms with Crippen LogP contribution in [-0.2, 0) is 4.74 Å². The molecule has 1 aromatic carbocycles. The number of ether oxygens (including phenoxy) is 1. The Morgan fingerprint density at radius 3 is 2.52 bits per heavy atom. The average molecular weight is 316 g/mol. The number of fused-ring (bicyclic) bond motifs is 1. The van der Waals surface area contributed by atoms with Gasteiger partial charge in [-0.05, 0) is 45.6 Å². The number of rotatable bonds is 3. The summed E-state index contributed by atoms with van der Waals surface area (Å²) >= 11 is 0. The second-order valence-corrected chi connectivity index (χ2v) is 7.74. The molecule has 23 heavy (non-hydrogen) atoms. The van der Waals surface area contributed by atoms with Gasteiger partial charge in [0.15, 0.2) is 0 Å². The molecule has 2 aliphatic heterocycles. The molecule has 2 aliphatic rings. The number of amides is 1. The highest BCUT2D eigenvalue weighted by molar-refractivity contribution is 5.73. The van der Waals surface area contributed by atoms with Gasteiger partial charge in [-0.2, -0.15) is 0 Å². The summed E-state index contributed by atoms with van der Waals surface area (Å²) < 4.78 is 5.58. The molecule has 2 heterocycles. The molecule has 0 radical (unpaired) electrons. The zero-order chi connectivity index (χ0) is 16.8. The Hall–Kier alpha value is -1.55. The first-order valence-corrected chi connectivity index (χ1v) is 8.65. The number of nitrogens with zero attached hydrogens (tertiary/aromatic N) is 2. The summed E-state index contributed by atoms with van der Waals surface area (Å²) in [6, 6.07) is 11.2. The van der Waals surface area contributed by atoms with Crippen molar-refractivity contribution < 1.29 is 9.53 Å². The average Bonchev–Trinajstić information content (AvgIpc) is 3.12. The lowest BCUT2D eigenvalue weighted by atomic mass is 10.0. The van der Waals surface area contributed by atoms with Gasteiger partial charge in [0, 0.05) is 12.6 Å². The van der Waals surface area contributed by atoms with E-state index in [0.29, 0.717) is 18.0 Å². The molecular weight excluding hydrogens is 288 g/mol. The number of carbonyl (C=O) groups excluding carboxylic acids is 1. The van der Waals surface area contributed by atoms with E-state index in [9.17, 15) is 4.79 Å². The fourth-order valence-corrected chi connectivity index (χ4v) is 3.77. The smallest absolute Gasteiger partial charge is 0.412 e. The Morgan fingerprint density at radius 2 is 1.96 bits per heavy atom. The van der Waals surface area contributed by atoms with Crippen LogP contribution in [0, 0.1) is 5.92 Å². The molecule has 4 atom stereocenters. The van der Waals surface area contributed by atoms with Crippen molar-refractivity contribution in [2.24, 2.45) is 5.92 Å². The highest BCUT2D eigenvalue weighted by atomic mass is 16.6. The Kier molecular flexibility index (Phi) is 4.13. The summed E-state index contributed by atoms with van der Waals surface area (Å²) in [5.74, 6) is 0.540. The van der Waals surface area contributed by atoms with Gasteiger partial charge >= 0.3 is 6.09 Å². The standard InChI is InChI=1S/C19H28N2O2/c1-6-14-12-20(13(2)15-10-8-7-9-11-15)17-16(14)21(17)18(22)23-19(3,4)5/h7-11,13-14,16-17H,6,12H2,1-5H3. The molecule has 1 amide bonds. The van der Waals surface area contributed by atoms with E-state index in [1.54, 1.807) is 0 Å². The second kappa shape index (κ2) is 5.82. The zero-order valence-corrected chi connectivity index (χ0v) is 14.8. The van der Waals surface area contributed by atoms with Crippen LogP contribution in [0.4, 0.5) is 4.79 Å². The molecule has 1 aromatic rings. The molecule has 126 valence electrons. The van der Waals surface area contributed by atoms with E-state index >= 15 is 0 Å². The molecule has 0 N–H and O–H groups in total. The third kappa shape index (κ3) is 3.09. The SMILES string of the molecule is CCC1CN(C(C)c2ccccc2)C2C1N2C(=O)OC(C)(C)C. The van der Waals surface area contributed by atoms with Crippen LogP contribution in [0.2, 0.25) is 0 Å². The molecule has 2 saturated heterocycles. The normalized spacial score (nSPS) is 28.4. The summed E-state index contributed by atoms with van der Waals surface area (Å²) in [6.07, 6.45) is 1.12. The van der Waals surface area contributed by atoms with E-state index in [4.69, 9.17) is 4.74 Å². The quantitative estimate of drug-likeness (QED) is 0.789. The van der Waals surface area contributed by atoms with Gasteiger partial charge < -0.3 is 4.74 Å². The fraction of sp³-hybridized carbons (Fsp3) is 0.632. The third-order valence-corrected chi connectivity index (χ3v) is 5.00. The summed E-state index contributed by atoms with van der Waals surface area (Å²) in [6.45, 7) is 11.3. The Balaban J connectivity index is 1.75. The summed E-state index contributed by atoms with van der Waals surface area (Å²) in [7, 11) is 0. The van der Waals surface area contributed by atoms with Crippen molar-refractivity contribution in [1.29, 1.82) is 0 Å². The van der Waals surface area contributed by atoms with Gasteiger partial charge in [0.2, 0.25) is 0 Å². The van der Waals surface area contributed by atoms with Crippen molar-refractivity contribution in [1.82, 2.24) is 9.80 Å². The van der Waals surface area contributed by atoms with Crippen molar-refractivity contribution in [2.75, 3.05) is 6.54 Å². The van der Waals surface area contributed by atoms with Crippen LogP contribution >= 0.6 is 0 Å². The molecule has 3 rings (SSSR count). The fourth-order valence-electron chi connectivity index (χ4n) is 3.77. The maximum absolute atomic E-state index is 12.5. The molecule has 4 nitrogen and oxygen atoms in total. The van der Waals surface area contributed by atoms with Crippen molar-refractivity contribution in [3.63, 3.8) is 0 Å². The highest BCUT2D eigenvalue weighted by Crippen LogP contribution is 2.48. The van der Waals surface area contributed by atoms with E-state index in [1.165, 1.54) is 5.56 Å². The van der Waals surface area contributed by atoms with Crippen LogP contribution in [0.3, 0.4) is 0 Å². The van der Waals surface area contributed by atoms with Crippen molar-refractivity contribution in [2.45, 2.75) is 64.9 Å². The number of hydrogen-bond donors (Lipinski definition) is 0. The minimum Gasteiger partial charge on any atom is -0.444 e. The van der Waals surface area contributed by atoms with Crippen molar-refractivity contribution in [3.8, 4) is 0 Å². The maximum atomic E-state index is 12.5. The van der Waals surface area contributed by atoms with Crippen LogP contribution in [0.1, 0.15) is 52.6 Å². The lowest BCUT2D eigenvalue weighted by Crippen LogP contribution is -2.38. The molecule has 2 fully saturated rings. The summed E-state index contributed by atoms with van der Waals surface area (Å²) in [5, 5.41) is 0. The predicted octanol–water partition coefficient (Wildman–Crippen LogP) is 4.03. The van der Waals surface area contributed by atoms with E-state index in [2.05, 4.69) is 43.0 Å². The van der Waals surface area contributed by atoms with E-state index < -0.39 is 5.60 Å². The van der Waals surface area contributed by atoms with Crippen molar-refractivity contribution >= 4 is 6.09 Å². The van der Waals surface area contributed by atoms with Crippen LogP contribution in [0.25, 0.3) is 0 Å². The largest absolute Gasteiger partial charge is 0.444 e. The van der Waals surface area contributed by atoms with Gasteiger partial charge in [-0.15, -0.1) is 0 Å². The van der Waals surface area contributed by atoms with Gasteiger partial charge in [-0.1, -0.05) is 37.3 Å². The van der Waals surface area contributed by atoms with E-state index in [1.807, 2.05) is 31.7 Å². The third-order valence-electron chi connectivity index (χ3n) is 5.00. The predicted molar refractivity (Wildman–Crippen MR) is 91.0 cm³/mol. The maximum Gasteiger partial charge on any atom is 0.412 e. The summed E-state index contributed by atoms with van der Waals surface area (Å²) in [4.78, 5) is 16.9. The van der Waals surface area contributed by atoms with Gasteiger partial charge in [0.05, 0.1) is 6.04 Å². The Labute approximate surface area is 139 Å². The molecule has 0 saturated carbocycles. The molecular formula is C19H28N2O2. The van der Waals surface area contributed by atoms with Crippen molar-refractivity contribution in [3.05, 3.63) is 35.9 Å². The van der Waals surface area contributed by atoms with E-state index in [0.717, 1.165) is 13.0 Å². The van der Waals surface area contributed by atoms with E-state index in [-0.39, 0.29) is 12.3 Å². The topological polar surface area (TPSA) is 32.5 Å². The lowest BCUT2D eigenvalue weighted by Gasteiger charge is -2.30. The summed E-state index contributed by atoms with van der Waals surface area (Å²) in [5.41, 5.74) is 0.866. The molecule has 0 spiro atoms. The highest BCUT2D eigenvalue weighted by Gasteiger charge is 2.64. The Morgan fingerprint density at radius 1 is 1.30 bits per heavy atom. The number of hydrogen-bond acceptors (Lipinski definition) is 3. The first-order valence-electron chi connectivity index (χ1n) is 8.65. The first-order chi connectivity index (χ1) is 10.8. The molecule has 4 heteroatoms. The van der Waals surface area contributed by atoms with Crippen LogP contribution in [-0.4, -0.2) is 40.2 Å². The monoisotopic (exact) mass is 316 g/mol. The number of carbonyl (C=O) groups is 1. The molecule has 0 aliphatic carbocycles.